The summed E-state index contributed by atoms with van der Waals surface area (Å²) in [6.45, 7) is 7.50. The van der Waals surface area contributed by atoms with Crippen LogP contribution in [0, 0.1) is 6.92 Å². The molecule has 2 aromatic rings. The Morgan fingerprint density at radius 2 is 1.94 bits per heavy atom. The first-order valence-corrected chi connectivity index (χ1v) is 6.88. The lowest BCUT2D eigenvalue weighted by atomic mass is 10.1. The van der Waals surface area contributed by atoms with E-state index in [1.807, 2.05) is 0 Å². The number of hydrogen-bond donors (Lipinski definition) is 1. The Morgan fingerprint density at radius 1 is 1.11 bits per heavy atom. The van der Waals surface area contributed by atoms with Gasteiger partial charge in [0.2, 0.25) is 0 Å². The number of aryl methyl sites for hydroxylation is 2. The molecule has 2 rings (SSSR count). The van der Waals surface area contributed by atoms with Gasteiger partial charge in [-0.05, 0) is 43.5 Å². The minimum absolute atomic E-state index is 0.987. The van der Waals surface area contributed by atoms with Crippen LogP contribution in [0.1, 0.15) is 37.8 Å². The van der Waals surface area contributed by atoms with Crippen molar-refractivity contribution in [2.45, 2.75) is 40.0 Å². The second-order valence-electron chi connectivity index (χ2n) is 4.87. The summed E-state index contributed by atoms with van der Waals surface area (Å²) in [6, 6.07) is 8.73. The van der Waals surface area contributed by atoms with E-state index in [0.717, 1.165) is 37.1 Å². The summed E-state index contributed by atoms with van der Waals surface area (Å²) < 4.78 is 0. The van der Waals surface area contributed by atoms with Crippen LogP contribution in [0.15, 0.2) is 24.3 Å². The summed E-state index contributed by atoms with van der Waals surface area (Å²) in [5.41, 5.74) is 3.71. The zero-order valence-electron chi connectivity index (χ0n) is 11.6. The van der Waals surface area contributed by atoms with Gasteiger partial charge < -0.3 is 5.32 Å². The van der Waals surface area contributed by atoms with E-state index in [0.29, 0.717) is 0 Å². The van der Waals surface area contributed by atoms with Crippen molar-refractivity contribution in [2.24, 2.45) is 0 Å². The minimum atomic E-state index is 0.987. The van der Waals surface area contributed by atoms with E-state index >= 15 is 0 Å². The Labute approximate surface area is 109 Å². The van der Waals surface area contributed by atoms with Crippen molar-refractivity contribution in [3.8, 4) is 0 Å². The van der Waals surface area contributed by atoms with E-state index in [9.17, 15) is 0 Å². The van der Waals surface area contributed by atoms with E-state index in [2.05, 4.69) is 50.4 Å². The molecule has 1 N–H and O–H groups in total. The van der Waals surface area contributed by atoms with Crippen molar-refractivity contribution in [1.82, 2.24) is 4.98 Å². The fourth-order valence-corrected chi connectivity index (χ4v) is 2.20. The first kappa shape index (κ1) is 12.9. The van der Waals surface area contributed by atoms with E-state index in [1.165, 1.54) is 16.5 Å². The molecule has 0 amide bonds. The molecule has 1 aromatic heterocycles. The molecule has 18 heavy (non-hydrogen) atoms. The molecule has 0 radical (unpaired) electrons. The van der Waals surface area contributed by atoms with Gasteiger partial charge in [-0.2, -0.15) is 0 Å². The highest BCUT2D eigenvalue weighted by molar-refractivity contribution is 5.82. The Kier molecular flexibility index (Phi) is 4.19. The van der Waals surface area contributed by atoms with Crippen LogP contribution in [-0.4, -0.2) is 11.5 Å². The summed E-state index contributed by atoms with van der Waals surface area (Å²) in [4.78, 5) is 4.76. The topological polar surface area (TPSA) is 24.9 Å². The number of pyridine rings is 1. The highest BCUT2D eigenvalue weighted by Gasteiger charge is 2.06. The second-order valence-corrected chi connectivity index (χ2v) is 4.87. The SMILES string of the molecule is CCCNc1nc2ccc(C)cc2cc1CCC. The molecule has 0 aliphatic heterocycles. The normalized spacial score (nSPS) is 10.8. The largest absolute Gasteiger partial charge is 0.370 e. The number of fused-ring (bicyclic) bond motifs is 1. The molecule has 1 aromatic carbocycles. The molecule has 0 aliphatic rings. The van der Waals surface area contributed by atoms with Crippen molar-refractivity contribution >= 4 is 16.7 Å². The van der Waals surface area contributed by atoms with Gasteiger partial charge in [0.05, 0.1) is 5.52 Å². The standard InChI is InChI=1S/C16H22N2/c1-4-6-13-11-14-10-12(3)7-8-15(14)18-16(13)17-9-5-2/h7-8,10-11H,4-6,9H2,1-3H3,(H,17,18). The third-order valence-corrected chi connectivity index (χ3v) is 3.11. The fraction of sp³-hybridized carbons (Fsp3) is 0.438. The van der Waals surface area contributed by atoms with Crippen LogP contribution in [0.25, 0.3) is 10.9 Å². The zero-order chi connectivity index (χ0) is 13.0. The van der Waals surface area contributed by atoms with Crippen LogP contribution in [0.4, 0.5) is 5.82 Å². The van der Waals surface area contributed by atoms with E-state index in [1.54, 1.807) is 0 Å². The summed E-state index contributed by atoms with van der Waals surface area (Å²) >= 11 is 0. The molecule has 0 atom stereocenters. The first-order chi connectivity index (χ1) is 8.74. The highest BCUT2D eigenvalue weighted by Crippen LogP contribution is 2.22. The number of rotatable bonds is 5. The molecule has 0 saturated carbocycles. The number of hydrogen-bond acceptors (Lipinski definition) is 2. The van der Waals surface area contributed by atoms with Gasteiger partial charge in [0.15, 0.2) is 0 Å². The van der Waals surface area contributed by atoms with Gasteiger partial charge in [0.25, 0.3) is 0 Å². The van der Waals surface area contributed by atoms with Gasteiger partial charge in [-0.25, -0.2) is 4.98 Å². The van der Waals surface area contributed by atoms with Gasteiger partial charge in [-0.3, -0.25) is 0 Å². The van der Waals surface area contributed by atoms with E-state index in [-0.39, 0.29) is 0 Å². The molecular weight excluding hydrogens is 220 g/mol. The smallest absolute Gasteiger partial charge is 0.129 e. The molecule has 0 fully saturated rings. The molecule has 0 saturated heterocycles. The maximum atomic E-state index is 4.76. The lowest BCUT2D eigenvalue weighted by Gasteiger charge is -2.12. The third kappa shape index (κ3) is 2.81. The quantitative estimate of drug-likeness (QED) is 0.844. The molecule has 1 heterocycles. The van der Waals surface area contributed by atoms with Crippen LogP contribution in [0.5, 0.6) is 0 Å². The van der Waals surface area contributed by atoms with Crippen LogP contribution in [0.3, 0.4) is 0 Å². The van der Waals surface area contributed by atoms with Gasteiger partial charge in [-0.15, -0.1) is 0 Å². The van der Waals surface area contributed by atoms with Gasteiger partial charge in [0.1, 0.15) is 5.82 Å². The Morgan fingerprint density at radius 3 is 2.67 bits per heavy atom. The molecule has 0 bridgehead atoms. The summed E-state index contributed by atoms with van der Waals surface area (Å²) in [5, 5.41) is 4.69. The van der Waals surface area contributed by atoms with E-state index < -0.39 is 0 Å². The van der Waals surface area contributed by atoms with Crippen molar-refractivity contribution in [1.29, 1.82) is 0 Å². The zero-order valence-corrected chi connectivity index (χ0v) is 11.6. The van der Waals surface area contributed by atoms with Crippen molar-refractivity contribution in [3.05, 3.63) is 35.4 Å². The lowest BCUT2D eigenvalue weighted by Crippen LogP contribution is -2.05. The van der Waals surface area contributed by atoms with Crippen LogP contribution >= 0.6 is 0 Å². The maximum absolute atomic E-state index is 4.76. The number of aromatic nitrogens is 1. The molecule has 2 heteroatoms. The Balaban J connectivity index is 2.46. The monoisotopic (exact) mass is 242 g/mol. The van der Waals surface area contributed by atoms with Crippen LogP contribution in [0.2, 0.25) is 0 Å². The van der Waals surface area contributed by atoms with Crippen molar-refractivity contribution in [2.75, 3.05) is 11.9 Å². The first-order valence-electron chi connectivity index (χ1n) is 6.88. The fourth-order valence-electron chi connectivity index (χ4n) is 2.20. The summed E-state index contributed by atoms with van der Waals surface area (Å²) in [7, 11) is 0. The predicted octanol–water partition coefficient (Wildman–Crippen LogP) is 4.32. The predicted molar refractivity (Wildman–Crippen MR) is 79.3 cm³/mol. The van der Waals surface area contributed by atoms with Gasteiger partial charge >= 0.3 is 0 Å². The summed E-state index contributed by atoms with van der Waals surface area (Å²) in [6.07, 6.45) is 3.36. The molecule has 0 unspecified atom stereocenters. The Hall–Kier alpha value is -1.57. The lowest BCUT2D eigenvalue weighted by molar-refractivity contribution is 0.906. The molecular formula is C16H22N2. The van der Waals surface area contributed by atoms with E-state index in [4.69, 9.17) is 4.98 Å². The minimum Gasteiger partial charge on any atom is -0.370 e. The highest BCUT2D eigenvalue weighted by atomic mass is 15.0. The van der Waals surface area contributed by atoms with Gasteiger partial charge in [-0.1, -0.05) is 31.9 Å². The van der Waals surface area contributed by atoms with Gasteiger partial charge in [0, 0.05) is 11.9 Å². The van der Waals surface area contributed by atoms with Crippen LogP contribution < -0.4 is 5.32 Å². The third-order valence-electron chi connectivity index (χ3n) is 3.11. The molecule has 0 aliphatic carbocycles. The number of nitrogens with one attached hydrogen (secondary N) is 1. The molecule has 96 valence electrons. The molecule has 0 spiro atoms. The Bertz CT molecular complexity index is 532. The average molecular weight is 242 g/mol. The number of anilines is 1. The summed E-state index contributed by atoms with van der Waals surface area (Å²) in [5.74, 6) is 1.06. The molecule has 2 nitrogen and oxygen atoms in total. The number of benzene rings is 1. The van der Waals surface area contributed by atoms with Crippen LogP contribution in [-0.2, 0) is 6.42 Å². The van der Waals surface area contributed by atoms with Crippen molar-refractivity contribution in [3.63, 3.8) is 0 Å². The maximum Gasteiger partial charge on any atom is 0.129 e. The number of nitrogens with zero attached hydrogens (tertiary/aromatic N) is 1. The van der Waals surface area contributed by atoms with Crippen molar-refractivity contribution < 1.29 is 0 Å². The second kappa shape index (κ2) is 5.85. The average Bonchev–Trinajstić information content (AvgIpc) is 2.36.